The Morgan fingerprint density at radius 2 is 1.63 bits per heavy atom. The molecule has 0 unspecified atom stereocenters. The van der Waals surface area contributed by atoms with Crippen LogP contribution in [0.1, 0.15) is 45.2 Å². The first-order valence-corrected chi connectivity index (χ1v) is 15.4. The Balaban J connectivity index is 2.01. The number of sulfonamides is 1. The molecule has 0 spiro atoms. The molecule has 0 aromatic heterocycles. The highest BCUT2D eigenvalue weighted by atomic mass is 35.5. The first-order chi connectivity index (χ1) is 19.5. The van der Waals surface area contributed by atoms with Gasteiger partial charge in [-0.1, -0.05) is 48.4 Å². The summed E-state index contributed by atoms with van der Waals surface area (Å²) in [5.74, 6) is -0.323. The van der Waals surface area contributed by atoms with Crippen molar-refractivity contribution < 1.29 is 22.7 Å². The number of carbonyl (C=O) groups excluding carboxylic acids is 2. The highest BCUT2D eigenvalue weighted by Gasteiger charge is 2.32. The van der Waals surface area contributed by atoms with Gasteiger partial charge in [-0.25, -0.2) is 8.42 Å². The number of nitrogens with zero attached hydrogens (tertiary/aromatic N) is 2. The van der Waals surface area contributed by atoms with E-state index < -0.39 is 28.5 Å². The van der Waals surface area contributed by atoms with Gasteiger partial charge in [-0.3, -0.25) is 13.9 Å². The molecule has 0 saturated heterocycles. The lowest BCUT2D eigenvalue weighted by Gasteiger charge is -2.32. The van der Waals surface area contributed by atoms with Crippen molar-refractivity contribution in [3.05, 3.63) is 88.9 Å². The average Bonchev–Trinajstić information content (AvgIpc) is 2.95. The number of ether oxygens (including phenoxy) is 1. The van der Waals surface area contributed by atoms with Crippen LogP contribution in [0.4, 0.5) is 5.69 Å². The second-order valence-electron chi connectivity index (χ2n) is 9.90. The highest BCUT2D eigenvalue weighted by molar-refractivity contribution is 7.92. The molecule has 10 heteroatoms. The van der Waals surface area contributed by atoms with E-state index in [4.69, 9.17) is 16.3 Å². The number of aryl methyl sites for hydroxylation is 1. The summed E-state index contributed by atoms with van der Waals surface area (Å²) >= 11 is 6.19. The lowest BCUT2D eigenvalue weighted by Crippen LogP contribution is -2.52. The van der Waals surface area contributed by atoms with Gasteiger partial charge >= 0.3 is 0 Å². The van der Waals surface area contributed by atoms with E-state index in [1.165, 1.54) is 17.0 Å². The number of amides is 2. The maximum absolute atomic E-state index is 14.0. The van der Waals surface area contributed by atoms with Crippen molar-refractivity contribution in [2.24, 2.45) is 0 Å². The van der Waals surface area contributed by atoms with Crippen LogP contribution < -0.4 is 14.4 Å². The van der Waals surface area contributed by atoms with Crippen LogP contribution in [-0.4, -0.2) is 50.4 Å². The molecule has 0 aliphatic heterocycles. The molecule has 0 saturated carbocycles. The van der Waals surface area contributed by atoms with Crippen LogP contribution in [0.3, 0.4) is 0 Å². The minimum absolute atomic E-state index is 0.0123. The monoisotopic (exact) mass is 599 g/mol. The molecule has 41 heavy (non-hydrogen) atoms. The van der Waals surface area contributed by atoms with Crippen molar-refractivity contribution in [2.45, 2.75) is 64.6 Å². The molecule has 3 aromatic rings. The van der Waals surface area contributed by atoms with Gasteiger partial charge in [0.15, 0.2) is 0 Å². The standard InChI is InChI=1S/C31H38ClN3O5S/c1-6-23(4)33-31(37)24(5)34(20-25-9-8-10-26(32)19-25)30(36)21-35(27-13-11-22(3)12-14-27)41(38,39)29-17-15-28(16-18-29)40-7-2/h8-19,23-24H,6-7,20-21H2,1-5H3,(H,33,37)/t23-,24-/m1/s1. The minimum atomic E-state index is -4.17. The summed E-state index contributed by atoms with van der Waals surface area (Å²) < 4.78 is 34.4. The topological polar surface area (TPSA) is 96.0 Å². The van der Waals surface area contributed by atoms with Crippen LogP contribution in [-0.2, 0) is 26.2 Å². The number of benzene rings is 3. The molecule has 3 rings (SSSR count). The summed E-state index contributed by atoms with van der Waals surface area (Å²) in [5, 5.41) is 3.41. The van der Waals surface area contributed by atoms with Crippen LogP contribution in [0.2, 0.25) is 5.02 Å². The molecule has 0 aliphatic carbocycles. The molecule has 2 atom stereocenters. The van der Waals surface area contributed by atoms with Gasteiger partial charge in [0.2, 0.25) is 11.8 Å². The SMILES string of the molecule is CCOc1ccc(S(=O)(=O)N(CC(=O)N(Cc2cccc(Cl)c2)[C@H](C)C(=O)N[C@H](C)CC)c2ccc(C)cc2)cc1. The van der Waals surface area contributed by atoms with Gasteiger partial charge in [-0.2, -0.15) is 0 Å². The second kappa shape index (κ2) is 14.4. The Labute approximate surface area is 248 Å². The zero-order valence-electron chi connectivity index (χ0n) is 24.1. The van der Waals surface area contributed by atoms with E-state index in [1.807, 2.05) is 27.7 Å². The molecular formula is C31H38ClN3O5S. The molecule has 0 aliphatic rings. The lowest BCUT2D eigenvalue weighted by molar-refractivity contribution is -0.139. The Morgan fingerprint density at radius 3 is 2.22 bits per heavy atom. The Kier molecular flexibility index (Phi) is 11.2. The van der Waals surface area contributed by atoms with Crippen molar-refractivity contribution in [1.82, 2.24) is 10.2 Å². The average molecular weight is 600 g/mol. The fourth-order valence-electron chi connectivity index (χ4n) is 4.12. The number of carbonyl (C=O) groups is 2. The largest absolute Gasteiger partial charge is 0.494 e. The number of halogens is 1. The van der Waals surface area contributed by atoms with E-state index in [9.17, 15) is 18.0 Å². The molecule has 3 aromatic carbocycles. The van der Waals surface area contributed by atoms with Crippen molar-refractivity contribution in [1.29, 1.82) is 0 Å². The quantitative estimate of drug-likeness (QED) is 0.277. The van der Waals surface area contributed by atoms with Crippen molar-refractivity contribution >= 4 is 39.1 Å². The summed E-state index contributed by atoms with van der Waals surface area (Å²) in [6.07, 6.45) is 0.724. The summed E-state index contributed by atoms with van der Waals surface area (Å²) in [6, 6.07) is 19.0. The summed E-state index contributed by atoms with van der Waals surface area (Å²) in [7, 11) is -4.17. The predicted molar refractivity (Wildman–Crippen MR) is 163 cm³/mol. The molecule has 1 N–H and O–H groups in total. The molecule has 8 nitrogen and oxygen atoms in total. The van der Waals surface area contributed by atoms with Crippen LogP contribution in [0.15, 0.2) is 77.7 Å². The molecule has 0 bridgehead atoms. The van der Waals surface area contributed by atoms with E-state index in [1.54, 1.807) is 67.6 Å². The van der Waals surface area contributed by atoms with Gasteiger partial charge in [-0.05, 0) is 88.2 Å². The van der Waals surface area contributed by atoms with E-state index in [2.05, 4.69) is 5.32 Å². The van der Waals surface area contributed by atoms with E-state index in [-0.39, 0.29) is 23.4 Å². The third kappa shape index (κ3) is 8.47. The summed E-state index contributed by atoms with van der Waals surface area (Å²) in [5.41, 5.74) is 1.99. The highest BCUT2D eigenvalue weighted by Crippen LogP contribution is 2.26. The first-order valence-electron chi connectivity index (χ1n) is 13.6. The van der Waals surface area contributed by atoms with Crippen molar-refractivity contribution in [2.75, 3.05) is 17.5 Å². The number of rotatable bonds is 13. The van der Waals surface area contributed by atoms with Crippen LogP contribution >= 0.6 is 11.6 Å². The molecule has 2 amide bonds. The zero-order chi connectivity index (χ0) is 30.2. The van der Waals surface area contributed by atoms with Gasteiger partial charge in [0, 0.05) is 17.6 Å². The normalized spacial score (nSPS) is 12.7. The minimum Gasteiger partial charge on any atom is -0.494 e. The van der Waals surface area contributed by atoms with Gasteiger partial charge < -0.3 is 15.0 Å². The molecule has 220 valence electrons. The van der Waals surface area contributed by atoms with Crippen LogP contribution in [0.25, 0.3) is 0 Å². The maximum Gasteiger partial charge on any atom is 0.264 e. The number of hydrogen-bond donors (Lipinski definition) is 1. The molecule has 0 radical (unpaired) electrons. The third-order valence-electron chi connectivity index (χ3n) is 6.73. The predicted octanol–water partition coefficient (Wildman–Crippen LogP) is 5.57. The molecular weight excluding hydrogens is 562 g/mol. The number of nitrogens with one attached hydrogen (secondary N) is 1. The Hall–Kier alpha value is -3.56. The van der Waals surface area contributed by atoms with E-state index in [0.29, 0.717) is 28.6 Å². The summed E-state index contributed by atoms with van der Waals surface area (Å²) in [6.45, 7) is 9.21. The number of anilines is 1. The second-order valence-corrected chi connectivity index (χ2v) is 12.2. The Morgan fingerprint density at radius 1 is 0.976 bits per heavy atom. The molecule has 0 fully saturated rings. The van der Waals surface area contributed by atoms with Gasteiger partial charge in [0.1, 0.15) is 18.3 Å². The van der Waals surface area contributed by atoms with Gasteiger partial charge in [0.25, 0.3) is 10.0 Å². The fourth-order valence-corrected chi connectivity index (χ4v) is 5.75. The molecule has 0 heterocycles. The fraction of sp³-hybridized carbons (Fsp3) is 0.355. The van der Waals surface area contributed by atoms with E-state index >= 15 is 0 Å². The zero-order valence-corrected chi connectivity index (χ0v) is 25.7. The first kappa shape index (κ1) is 32.0. The number of hydrogen-bond acceptors (Lipinski definition) is 5. The van der Waals surface area contributed by atoms with Crippen LogP contribution in [0.5, 0.6) is 5.75 Å². The summed E-state index contributed by atoms with van der Waals surface area (Å²) in [4.78, 5) is 28.5. The smallest absolute Gasteiger partial charge is 0.264 e. The third-order valence-corrected chi connectivity index (χ3v) is 8.76. The van der Waals surface area contributed by atoms with E-state index in [0.717, 1.165) is 16.3 Å². The van der Waals surface area contributed by atoms with Gasteiger partial charge in [-0.15, -0.1) is 0 Å². The van der Waals surface area contributed by atoms with Gasteiger partial charge in [0.05, 0.1) is 17.2 Å². The maximum atomic E-state index is 14.0. The van der Waals surface area contributed by atoms with Crippen molar-refractivity contribution in [3.8, 4) is 5.75 Å². The van der Waals surface area contributed by atoms with Crippen molar-refractivity contribution in [3.63, 3.8) is 0 Å². The lowest BCUT2D eigenvalue weighted by atomic mass is 10.1. The Bertz CT molecular complexity index is 1430. The van der Waals surface area contributed by atoms with Crippen LogP contribution in [0, 0.1) is 6.92 Å².